The zero-order chi connectivity index (χ0) is 11.3. The first-order valence-corrected chi connectivity index (χ1v) is 7.28. The maximum absolute atomic E-state index is 5.56. The van der Waals surface area contributed by atoms with Crippen LogP contribution in [0.15, 0.2) is 0 Å². The molecule has 2 saturated heterocycles. The van der Waals surface area contributed by atoms with E-state index >= 15 is 0 Å². The Hall–Kier alpha value is -0.680. The molecule has 3 aliphatic rings. The zero-order valence-corrected chi connectivity index (χ0v) is 10.7. The van der Waals surface area contributed by atoms with Gasteiger partial charge in [0.1, 0.15) is 5.82 Å². The van der Waals surface area contributed by atoms with Crippen LogP contribution in [-0.4, -0.2) is 35.7 Å². The quantitative estimate of drug-likeness (QED) is 0.806. The lowest BCUT2D eigenvalue weighted by Crippen LogP contribution is -2.27. The summed E-state index contributed by atoms with van der Waals surface area (Å²) in [4.78, 5) is 7.12. The van der Waals surface area contributed by atoms with Crippen LogP contribution in [0.4, 0.5) is 5.13 Å². The first-order chi connectivity index (χ1) is 8.35. The van der Waals surface area contributed by atoms with Crippen molar-refractivity contribution in [3.63, 3.8) is 0 Å². The normalized spacial score (nSPS) is 32.8. The van der Waals surface area contributed by atoms with Crippen LogP contribution in [0, 0.1) is 5.41 Å². The minimum Gasteiger partial charge on any atom is -0.381 e. The summed E-state index contributed by atoms with van der Waals surface area (Å²) < 4.78 is 10.1. The number of hydrogen-bond acceptors (Lipinski definition) is 5. The lowest BCUT2D eigenvalue weighted by molar-refractivity contribution is 0.160. The summed E-state index contributed by atoms with van der Waals surface area (Å²) in [6.45, 7) is 4.13. The summed E-state index contributed by atoms with van der Waals surface area (Å²) in [5.41, 5.74) is 0.422. The van der Waals surface area contributed by atoms with Crippen molar-refractivity contribution in [1.82, 2.24) is 9.36 Å². The van der Waals surface area contributed by atoms with Crippen molar-refractivity contribution in [2.75, 3.05) is 31.2 Å². The van der Waals surface area contributed by atoms with Crippen LogP contribution in [0.5, 0.6) is 0 Å². The summed E-state index contributed by atoms with van der Waals surface area (Å²) in [6, 6.07) is 0. The molecule has 4 nitrogen and oxygen atoms in total. The van der Waals surface area contributed by atoms with Crippen LogP contribution >= 0.6 is 11.5 Å². The molecule has 1 aromatic rings. The number of ether oxygens (including phenoxy) is 1. The van der Waals surface area contributed by atoms with Gasteiger partial charge in [0.25, 0.3) is 0 Å². The third-order valence-corrected chi connectivity index (χ3v) is 5.06. The van der Waals surface area contributed by atoms with Gasteiger partial charge in [0.05, 0.1) is 6.61 Å². The third kappa shape index (κ3) is 1.76. The van der Waals surface area contributed by atoms with Crippen molar-refractivity contribution in [3.8, 4) is 0 Å². The zero-order valence-electron chi connectivity index (χ0n) is 9.89. The SMILES string of the molecule is C1C[C@]2(CCN(c3nc(C4CC4)ns3)C2)CO1. The van der Waals surface area contributed by atoms with Crippen LogP contribution < -0.4 is 4.90 Å². The van der Waals surface area contributed by atoms with E-state index in [0.717, 1.165) is 37.3 Å². The van der Waals surface area contributed by atoms with Crippen LogP contribution in [-0.2, 0) is 4.74 Å². The smallest absolute Gasteiger partial charge is 0.205 e. The van der Waals surface area contributed by atoms with Gasteiger partial charge in [0.15, 0.2) is 0 Å². The van der Waals surface area contributed by atoms with Gasteiger partial charge in [-0.05, 0) is 25.7 Å². The van der Waals surface area contributed by atoms with E-state index in [4.69, 9.17) is 9.72 Å². The number of aromatic nitrogens is 2. The van der Waals surface area contributed by atoms with Crippen molar-refractivity contribution >= 4 is 16.7 Å². The molecule has 0 N–H and O–H groups in total. The monoisotopic (exact) mass is 251 g/mol. The van der Waals surface area contributed by atoms with E-state index in [1.54, 1.807) is 11.5 Å². The molecule has 17 heavy (non-hydrogen) atoms. The highest BCUT2D eigenvalue weighted by molar-refractivity contribution is 7.09. The van der Waals surface area contributed by atoms with Gasteiger partial charge < -0.3 is 9.64 Å². The lowest BCUT2D eigenvalue weighted by atomic mass is 9.87. The minimum absolute atomic E-state index is 0.422. The van der Waals surface area contributed by atoms with Crippen LogP contribution in [0.25, 0.3) is 0 Å². The molecule has 92 valence electrons. The van der Waals surface area contributed by atoms with Gasteiger partial charge >= 0.3 is 0 Å². The second-order valence-electron chi connectivity index (χ2n) is 5.68. The van der Waals surface area contributed by atoms with E-state index < -0.39 is 0 Å². The molecule has 1 aromatic heterocycles. The summed E-state index contributed by atoms with van der Waals surface area (Å²) in [7, 11) is 0. The molecule has 0 bridgehead atoms. The maximum Gasteiger partial charge on any atom is 0.205 e. The predicted octanol–water partition coefficient (Wildman–Crippen LogP) is 2.03. The van der Waals surface area contributed by atoms with E-state index in [1.807, 2.05) is 0 Å². The van der Waals surface area contributed by atoms with E-state index in [2.05, 4.69) is 9.27 Å². The van der Waals surface area contributed by atoms with Crippen LogP contribution in [0.1, 0.15) is 37.4 Å². The molecule has 2 aliphatic heterocycles. The standard InChI is InChI=1S/C12H17N3OS/c1-2-9(1)10-13-11(17-14-10)15-5-3-12(7-15)4-6-16-8-12/h9H,1-8H2/t12-/m0/s1. The van der Waals surface area contributed by atoms with Gasteiger partial charge in [-0.2, -0.15) is 4.37 Å². The highest BCUT2D eigenvalue weighted by Crippen LogP contribution is 2.43. The van der Waals surface area contributed by atoms with E-state index in [0.29, 0.717) is 11.3 Å². The van der Waals surface area contributed by atoms with Gasteiger partial charge in [-0.3, -0.25) is 0 Å². The molecule has 0 radical (unpaired) electrons. The second kappa shape index (κ2) is 3.65. The first-order valence-electron chi connectivity index (χ1n) is 6.51. The molecular weight excluding hydrogens is 234 g/mol. The molecule has 0 amide bonds. The van der Waals surface area contributed by atoms with Crippen molar-refractivity contribution in [2.24, 2.45) is 5.41 Å². The number of hydrogen-bond donors (Lipinski definition) is 0. The highest BCUT2D eigenvalue weighted by atomic mass is 32.1. The number of anilines is 1. The highest BCUT2D eigenvalue weighted by Gasteiger charge is 2.42. The van der Waals surface area contributed by atoms with Gasteiger partial charge in [-0.15, -0.1) is 0 Å². The molecule has 1 atom stereocenters. The van der Waals surface area contributed by atoms with Crippen LogP contribution in [0.2, 0.25) is 0 Å². The molecule has 0 aromatic carbocycles. The second-order valence-corrected chi connectivity index (χ2v) is 6.41. The van der Waals surface area contributed by atoms with Gasteiger partial charge in [-0.25, -0.2) is 4.98 Å². The van der Waals surface area contributed by atoms with Crippen molar-refractivity contribution < 1.29 is 4.74 Å². The fraction of sp³-hybridized carbons (Fsp3) is 0.833. The molecular formula is C12H17N3OS. The van der Waals surface area contributed by atoms with Crippen molar-refractivity contribution in [3.05, 3.63) is 5.82 Å². The Morgan fingerprint density at radius 1 is 1.35 bits per heavy atom. The summed E-state index contributed by atoms with van der Waals surface area (Å²) >= 11 is 1.58. The van der Waals surface area contributed by atoms with E-state index in [-0.39, 0.29) is 0 Å². The van der Waals surface area contributed by atoms with E-state index in [9.17, 15) is 0 Å². The largest absolute Gasteiger partial charge is 0.381 e. The summed E-state index contributed by atoms with van der Waals surface area (Å²) in [6.07, 6.45) is 5.05. The van der Waals surface area contributed by atoms with E-state index in [1.165, 1.54) is 25.7 Å². The van der Waals surface area contributed by atoms with Crippen molar-refractivity contribution in [1.29, 1.82) is 0 Å². The maximum atomic E-state index is 5.56. The Bertz CT molecular complexity index is 423. The fourth-order valence-corrected chi connectivity index (χ4v) is 3.70. The number of rotatable bonds is 2. The lowest BCUT2D eigenvalue weighted by Gasteiger charge is -2.21. The van der Waals surface area contributed by atoms with Crippen molar-refractivity contribution in [2.45, 2.75) is 31.6 Å². The molecule has 0 unspecified atom stereocenters. The molecule has 1 spiro atoms. The van der Waals surface area contributed by atoms with Gasteiger partial charge in [-0.1, -0.05) is 0 Å². The Morgan fingerprint density at radius 2 is 2.29 bits per heavy atom. The average Bonchev–Trinajstić information content (AvgIpc) is 2.84. The molecule has 4 rings (SSSR count). The number of nitrogens with zero attached hydrogens (tertiary/aromatic N) is 3. The Labute approximate surface area is 105 Å². The summed E-state index contributed by atoms with van der Waals surface area (Å²) in [5.74, 6) is 1.76. The Balaban J connectivity index is 1.51. The Kier molecular flexibility index (Phi) is 2.21. The minimum atomic E-state index is 0.422. The first kappa shape index (κ1) is 10.3. The molecule has 3 heterocycles. The van der Waals surface area contributed by atoms with Gasteiger partial charge in [0.2, 0.25) is 5.13 Å². The topological polar surface area (TPSA) is 38.2 Å². The third-order valence-electron chi connectivity index (χ3n) is 4.27. The van der Waals surface area contributed by atoms with Crippen LogP contribution in [0.3, 0.4) is 0 Å². The Morgan fingerprint density at radius 3 is 3.06 bits per heavy atom. The average molecular weight is 251 g/mol. The summed E-state index contributed by atoms with van der Waals surface area (Å²) in [5, 5.41) is 1.13. The molecule has 5 heteroatoms. The molecule has 1 aliphatic carbocycles. The molecule has 1 saturated carbocycles. The molecule has 3 fully saturated rings. The van der Waals surface area contributed by atoms with Gasteiger partial charge in [0, 0.05) is 42.6 Å². The predicted molar refractivity (Wildman–Crippen MR) is 66.6 cm³/mol. The fourth-order valence-electron chi connectivity index (χ4n) is 2.93.